The summed E-state index contributed by atoms with van der Waals surface area (Å²) in [7, 11) is 0.245. The van der Waals surface area contributed by atoms with Crippen molar-refractivity contribution in [3.63, 3.8) is 0 Å². The fraction of sp³-hybridized carbons (Fsp3) is 0.333. The predicted octanol–water partition coefficient (Wildman–Crippen LogP) is 2.93. The van der Waals surface area contributed by atoms with Gasteiger partial charge >= 0.3 is 11.9 Å². The molecule has 1 saturated heterocycles. The van der Waals surface area contributed by atoms with Crippen LogP contribution in [0, 0.1) is 11.8 Å². The lowest BCUT2D eigenvalue weighted by Gasteiger charge is -2.35. The fourth-order valence-electron chi connectivity index (χ4n) is 6.04. The van der Waals surface area contributed by atoms with Crippen molar-refractivity contribution in [1.82, 2.24) is 0 Å². The maximum absolute atomic E-state index is 13.0. The Hall–Kier alpha value is -2.66. The van der Waals surface area contributed by atoms with Gasteiger partial charge in [-0.05, 0) is 24.9 Å². The molecule has 29 heavy (non-hydrogen) atoms. The Morgan fingerprint density at radius 1 is 0.690 bits per heavy atom. The molecule has 2 aromatic rings. The molecule has 4 rings (SSSR count). The minimum absolute atomic E-state index is 0.0335. The van der Waals surface area contributed by atoms with Crippen LogP contribution in [0.3, 0.4) is 0 Å². The fourth-order valence-corrected chi connectivity index (χ4v) is 13.3. The van der Waals surface area contributed by atoms with Crippen LogP contribution in [0.1, 0.15) is 13.8 Å². The van der Waals surface area contributed by atoms with E-state index in [9.17, 15) is 9.59 Å². The van der Waals surface area contributed by atoms with Crippen LogP contribution in [-0.2, 0) is 19.1 Å². The number of hydrogen-bond acceptors (Lipinski definition) is 4. The van der Waals surface area contributed by atoms with E-state index in [0.717, 1.165) is 0 Å². The molecule has 150 valence electrons. The van der Waals surface area contributed by atoms with E-state index < -0.39 is 19.9 Å². The number of esters is 2. The third-order valence-corrected chi connectivity index (χ3v) is 13.2. The Labute approximate surface area is 172 Å². The number of rotatable bonds is 4. The van der Waals surface area contributed by atoms with Crippen LogP contribution in [0.5, 0.6) is 0 Å². The average molecular weight is 407 g/mol. The van der Waals surface area contributed by atoms with Gasteiger partial charge in [-0.3, -0.25) is 9.59 Å². The second-order valence-corrected chi connectivity index (χ2v) is 12.2. The van der Waals surface area contributed by atoms with Crippen molar-refractivity contribution in [3.05, 3.63) is 71.8 Å². The van der Waals surface area contributed by atoms with E-state index in [1.165, 1.54) is 35.7 Å². The van der Waals surface area contributed by atoms with Gasteiger partial charge in [0.05, 0.1) is 26.1 Å². The molecule has 2 heterocycles. The van der Waals surface area contributed by atoms with Crippen LogP contribution in [0.15, 0.2) is 71.8 Å². The van der Waals surface area contributed by atoms with Crippen LogP contribution in [0.4, 0.5) is 0 Å². The van der Waals surface area contributed by atoms with Crippen molar-refractivity contribution >= 4 is 30.4 Å². The van der Waals surface area contributed by atoms with Gasteiger partial charge in [-0.25, -0.2) is 0 Å². The van der Waals surface area contributed by atoms with Gasteiger partial charge in [0.25, 0.3) is 0 Å². The smallest absolute Gasteiger partial charge is 0.309 e. The summed E-state index contributed by atoms with van der Waals surface area (Å²) in [5.41, 5.74) is 2.39. The first kappa shape index (κ1) is 19.6. The molecule has 2 aliphatic rings. The summed E-state index contributed by atoms with van der Waals surface area (Å²) in [5.74, 6) is -1.67. The summed E-state index contributed by atoms with van der Waals surface area (Å²) in [4.78, 5) is 26.0. The number of hydrogen-bond donors (Lipinski definition) is 0. The summed E-state index contributed by atoms with van der Waals surface area (Å²) < 4.78 is 10.4. The lowest BCUT2D eigenvalue weighted by atomic mass is 9.76. The number of carbonyl (C=O) groups is 2. The second kappa shape index (κ2) is 7.30. The van der Waals surface area contributed by atoms with Crippen LogP contribution < -0.4 is 10.4 Å². The Kier molecular flexibility index (Phi) is 4.95. The molecule has 0 saturated carbocycles. The van der Waals surface area contributed by atoms with E-state index >= 15 is 0 Å². The largest absolute Gasteiger partial charge is 0.469 e. The number of allylic oxidation sites excluding steroid dienone is 2. The topological polar surface area (TPSA) is 52.6 Å². The van der Waals surface area contributed by atoms with Gasteiger partial charge in [-0.2, -0.15) is 0 Å². The maximum Gasteiger partial charge on any atom is 0.309 e. The van der Waals surface area contributed by atoms with Gasteiger partial charge in [0.15, 0.2) is 0 Å². The zero-order chi connectivity index (χ0) is 20.8. The predicted molar refractivity (Wildman–Crippen MR) is 115 cm³/mol. The van der Waals surface area contributed by atoms with E-state index in [1.807, 2.05) is 12.1 Å². The summed E-state index contributed by atoms with van der Waals surface area (Å²) in [6, 6.07) is 20.9. The van der Waals surface area contributed by atoms with Crippen LogP contribution in [0.25, 0.3) is 0 Å². The molecule has 4 atom stereocenters. The molecule has 4 nitrogen and oxygen atoms in total. The highest BCUT2D eigenvalue weighted by molar-refractivity contribution is 7.06. The van der Waals surface area contributed by atoms with E-state index in [1.54, 1.807) is 0 Å². The van der Waals surface area contributed by atoms with E-state index in [4.69, 9.17) is 9.47 Å². The standard InChI is InChI=1S/C24H26O4Si/c1-15-16(2)22-20(24(26)28-4)19(23(25)27-3)21(15)29(22,17-11-7-5-8-12-17)18-13-9-6-10-14-18/h5-14,19-22H,1-4H3/t19-,20-,21-,22+/m0/s1. The molecule has 2 bridgehead atoms. The minimum Gasteiger partial charge on any atom is -0.469 e. The van der Waals surface area contributed by atoms with Crippen LogP contribution in [-0.4, -0.2) is 34.2 Å². The second-order valence-electron chi connectivity index (χ2n) is 8.02. The molecular formula is C24H26O4Si. The first-order valence-electron chi connectivity index (χ1n) is 9.94. The number of fused-ring (bicyclic) bond motifs is 2. The van der Waals surface area contributed by atoms with Gasteiger partial charge in [-0.15, -0.1) is 0 Å². The molecule has 0 amide bonds. The van der Waals surface area contributed by atoms with Gasteiger partial charge in [0.1, 0.15) is 8.07 Å². The van der Waals surface area contributed by atoms with Crippen LogP contribution >= 0.6 is 0 Å². The minimum atomic E-state index is -2.57. The molecule has 5 heteroatoms. The number of ether oxygens (including phenoxy) is 2. The number of methoxy groups -OCH3 is 2. The molecule has 2 aromatic carbocycles. The molecule has 0 aliphatic carbocycles. The van der Waals surface area contributed by atoms with E-state index in [0.29, 0.717) is 0 Å². The molecular weight excluding hydrogens is 380 g/mol. The highest BCUT2D eigenvalue weighted by Gasteiger charge is 2.71. The summed E-state index contributed by atoms with van der Waals surface area (Å²) in [6.45, 7) is 4.24. The number of carbonyl (C=O) groups excluding carboxylic acids is 2. The summed E-state index contributed by atoms with van der Waals surface area (Å²) in [5, 5.41) is 2.50. The highest BCUT2D eigenvalue weighted by atomic mass is 28.3. The Morgan fingerprint density at radius 3 is 1.34 bits per heavy atom. The Morgan fingerprint density at radius 2 is 1.03 bits per heavy atom. The summed E-state index contributed by atoms with van der Waals surface area (Å²) in [6.07, 6.45) is 0. The quantitative estimate of drug-likeness (QED) is 0.445. The van der Waals surface area contributed by atoms with E-state index in [2.05, 4.69) is 62.4 Å². The van der Waals surface area contributed by atoms with Crippen molar-refractivity contribution in [2.45, 2.75) is 24.9 Å². The maximum atomic E-state index is 13.0. The summed E-state index contributed by atoms with van der Waals surface area (Å²) >= 11 is 0. The first-order valence-corrected chi connectivity index (χ1v) is 12.1. The first-order chi connectivity index (χ1) is 14.0. The van der Waals surface area contributed by atoms with Gasteiger partial charge in [0, 0.05) is 0 Å². The van der Waals surface area contributed by atoms with Gasteiger partial charge in [0.2, 0.25) is 0 Å². The van der Waals surface area contributed by atoms with Crippen molar-refractivity contribution in [2.24, 2.45) is 11.8 Å². The molecule has 0 unspecified atom stereocenters. The SMILES string of the molecule is COC(=O)[C@H]1[C@H](C(=O)OC)[C@@H]2C(C)=C(C)[C@H]1[Si]2(c1ccccc1)c1ccccc1. The molecule has 2 aliphatic heterocycles. The Balaban J connectivity index is 2.07. The van der Waals surface area contributed by atoms with Crippen molar-refractivity contribution in [2.75, 3.05) is 14.2 Å². The lowest BCUT2D eigenvalue weighted by Crippen LogP contribution is -2.61. The molecule has 0 N–H and O–H groups in total. The van der Waals surface area contributed by atoms with E-state index in [-0.39, 0.29) is 23.0 Å². The van der Waals surface area contributed by atoms with Gasteiger partial charge in [-0.1, -0.05) is 82.2 Å². The molecule has 0 radical (unpaired) electrons. The normalized spacial score (nSPS) is 27.0. The Bertz CT molecular complexity index is 887. The average Bonchev–Trinajstić information content (AvgIpc) is 3.21. The van der Waals surface area contributed by atoms with Crippen molar-refractivity contribution in [1.29, 1.82) is 0 Å². The van der Waals surface area contributed by atoms with Crippen LogP contribution in [0.2, 0.25) is 11.1 Å². The monoisotopic (exact) mass is 406 g/mol. The molecule has 1 fully saturated rings. The zero-order valence-electron chi connectivity index (χ0n) is 17.2. The highest BCUT2D eigenvalue weighted by Crippen LogP contribution is 2.66. The molecule has 0 aromatic heterocycles. The lowest BCUT2D eigenvalue weighted by molar-refractivity contribution is -0.156. The third kappa shape index (κ3) is 2.57. The van der Waals surface area contributed by atoms with Crippen molar-refractivity contribution in [3.8, 4) is 0 Å². The third-order valence-electron chi connectivity index (χ3n) is 7.09. The molecule has 0 spiro atoms. The van der Waals surface area contributed by atoms with Gasteiger partial charge < -0.3 is 9.47 Å². The number of benzene rings is 2. The zero-order valence-corrected chi connectivity index (χ0v) is 18.2. The van der Waals surface area contributed by atoms with Crippen molar-refractivity contribution < 1.29 is 19.1 Å².